The molecule has 1 aromatic heterocycles. The molecule has 0 radical (unpaired) electrons. The molecule has 6 heteroatoms. The lowest BCUT2D eigenvalue weighted by Gasteiger charge is -2.31. The highest BCUT2D eigenvalue weighted by atomic mass is 16.4. The van der Waals surface area contributed by atoms with Crippen molar-refractivity contribution in [2.75, 3.05) is 24.5 Å². The number of fused-ring (bicyclic) bond motifs is 1. The molecule has 1 fully saturated rings. The van der Waals surface area contributed by atoms with Gasteiger partial charge in [-0.15, -0.1) is 0 Å². The molecule has 3 rings (SSSR count). The summed E-state index contributed by atoms with van der Waals surface area (Å²) in [6.07, 6.45) is 1.21. The van der Waals surface area contributed by atoms with E-state index >= 15 is 0 Å². The number of aromatic nitrogens is 1. The fourth-order valence-electron chi connectivity index (χ4n) is 2.17. The summed E-state index contributed by atoms with van der Waals surface area (Å²) in [7, 11) is 0. The highest BCUT2D eigenvalue weighted by Crippen LogP contribution is 2.23. The Morgan fingerprint density at radius 1 is 1.32 bits per heavy atom. The summed E-state index contributed by atoms with van der Waals surface area (Å²) in [6, 6.07) is 7.61. The number of nitrogens with zero attached hydrogens (tertiary/aromatic N) is 3. The minimum atomic E-state index is -0.240. The van der Waals surface area contributed by atoms with Crippen LogP contribution in [0.3, 0.4) is 0 Å². The molecular weight excluding hydrogens is 282 g/mol. The molecule has 0 unspecified atom stereocenters. The fourth-order valence-corrected chi connectivity index (χ4v) is 2.17. The van der Waals surface area contributed by atoms with Crippen LogP contribution in [-0.2, 0) is 9.59 Å². The zero-order valence-corrected chi connectivity index (χ0v) is 12.8. The van der Waals surface area contributed by atoms with Crippen LogP contribution in [0.1, 0.15) is 13.8 Å². The highest BCUT2D eigenvalue weighted by molar-refractivity contribution is 5.98. The maximum absolute atomic E-state index is 12.1. The van der Waals surface area contributed by atoms with E-state index in [4.69, 9.17) is 4.42 Å². The van der Waals surface area contributed by atoms with Crippen LogP contribution in [0, 0.1) is 0 Å². The lowest BCUT2D eigenvalue weighted by molar-refractivity contribution is -0.133. The first kappa shape index (κ1) is 15.8. The van der Waals surface area contributed by atoms with Gasteiger partial charge in [0.05, 0.1) is 0 Å². The highest BCUT2D eigenvalue weighted by Gasteiger charge is 2.29. The smallest absolute Gasteiger partial charge is 0.305 e. The number of oxazole rings is 1. The number of carbonyl (C=O) groups excluding carboxylic acids is 2. The summed E-state index contributed by atoms with van der Waals surface area (Å²) in [5, 5.41) is 0. The van der Waals surface area contributed by atoms with E-state index in [0.717, 1.165) is 0 Å². The third-order valence-corrected chi connectivity index (χ3v) is 3.22. The van der Waals surface area contributed by atoms with Crippen molar-refractivity contribution in [2.24, 2.45) is 0 Å². The Balaban J connectivity index is 0.000000847. The summed E-state index contributed by atoms with van der Waals surface area (Å²) in [5.41, 5.74) is 1.35. The fraction of sp³-hybridized carbons (Fsp3) is 0.312. The first-order valence-electron chi connectivity index (χ1n) is 7.26. The number of amides is 2. The van der Waals surface area contributed by atoms with Gasteiger partial charge in [-0.05, 0) is 18.2 Å². The average Bonchev–Trinajstić information content (AvgIpc) is 2.99. The maximum atomic E-state index is 12.1. The predicted molar refractivity (Wildman–Crippen MR) is 84.5 cm³/mol. The van der Waals surface area contributed by atoms with Gasteiger partial charge in [-0.25, -0.2) is 0 Å². The standard InChI is InChI=1S/C14H13N3O3.C2H6/c1-2-12(18)16-7-8-17(13(19)9-16)14-15-10-5-3-4-6-11(10)20-14;1-2/h2-6H,1,7-9H2;1-2H3. The van der Waals surface area contributed by atoms with E-state index in [1.54, 1.807) is 6.07 Å². The summed E-state index contributed by atoms with van der Waals surface area (Å²) >= 11 is 0. The van der Waals surface area contributed by atoms with E-state index in [-0.39, 0.29) is 24.4 Å². The molecule has 2 amide bonds. The van der Waals surface area contributed by atoms with Gasteiger partial charge in [0.25, 0.3) is 0 Å². The van der Waals surface area contributed by atoms with E-state index in [9.17, 15) is 9.59 Å². The molecule has 2 heterocycles. The SMILES string of the molecule is C=CC(=O)N1CCN(c2nc3ccccc3o2)C(=O)C1.CC. The van der Waals surface area contributed by atoms with Crippen LogP contribution in [0.2, 0.25) is 0 Å². The largest absolute Gasteiger partial charge is 0.423 e. The second kappa shape index (κ2) is 6.89. The molecule has 0 bridgehead atoms. The van der Waals surface area contributed by atoms with Crippen molar-refractivity contribution in [3.05, 3.63) is 36.9 Å². The Morgan fingerprint density at radius 2 is 2.05 bits per heavy atom. The van der Waals surface area contributed by atoms with Crippen LogP contribution >= 0.6 is 0 Å². The van der Waals surface area contributed by atoms with Crippen molar-refractivity contribution < 1.29 is 14.0 Å². The number of anilines is 1. The third-order valence-electron chi connectivity index (χ3n) is 3.22. The number of hydrogen-bond donors (Lipinski definition) is 0. The lowest BCUT2D eigenvalue weighted by atomic mass is 10.3. The van der Waals surface area contributed by atoms with Crippen molar-refractivity contribution in [1.29, 1.82) is 0 Å². The summed E-state index contributed by atoms with van der Waals surface area (Å²) in [6.45, 7) is 8.24. The minimum Gasteiger partial charge on any atom is -0.423 e. The Morgan fingerprint density at radius 3 is 2.68 bits per heavy atom. The van der Waals surface area contributed by atoms with Crippen molar-refractivity contribution in [1.82, 2.24) is 9.88 Å². The molecule has 0 spiro atoms. The zero-order chi connectivity index (χ0) is 16.1. The van der Waals surface area contributed by atoms with Gasteiger partial charge >= 0.3 is 6.01 Å². The quantitative estimate of drug-likeness (QED) is 0.798. The van der Waals surface area contributed by atoms with Crippen LogP contribution in [0.4, 0.5) is 6.01 Å². The van der Waals surface area contributed by atoms with Gasteiger partial charge < -0.3 is 9.32 Å². The number of piperazine rings is 1. The molecule has 0 saturated carbocycles. The molecule has 1 aliphatic heterocycles. The van der Waals surface area contributed by atoms with Crippen LogP contribution in [0.15, 0.2) is 41.3 Å². The van der Waals surface area contributed by atoms with E-state index < -0.39 is 0 Å². The topological polar surface area (TPSA) is 66.7 Å². The minimum absolute atomic E-state index is 0.0174. The summed E-state index contributed by atoms with van der Waals surface area (Å²) < 4.78 is 5.57. The van der Waals surface area contributed by atoms with E-state index in [0.29, 0.717) is 24.2 Å². The number of para-hydroxylation sites is 2. The van der Waals surface area contributed by atoms with Crippen molar-refractivity contribution in [3.8, 4) is 0 Å². The van der Waals surface area contributed by atoms with Gasteiger partial charge in [0, 0.05) is 13.1 Å². The Labute approximate surface area is 129 Å². The van der Waals surface area contributed by atoms with Crippen molar-refractivity contribution in [3.63, 3.8) is 0 Å². The number of benzene rings is 1. The van der Waals surface area contributed by atoms with Gasteiger partial charge in [0.1, 0.15) is 12.1 Å². The summed E-state index contributed by atoms with van der Waals surface area (Å²) in [5.74, 6) is -0.450. The second-order valence-electron chi connectivity index (χ2n) is 4.47. The second-order valence-corrected chi connectivity index (χ2v) is 4.47. The van der Waals surface area contributed by atoms with E-state index in [1.165, 1.54) is 15.9 Å². The zero-order valence-electron chi connectivity index (χ0n) is 12.8. The normalized spacial score (nSPS) is 14.5. The summed E-state index contributed by atoms with van der Waals surface area (Å²) in [4.78, 5) is 30.8. The van der Waals surface area contributed by atoms with Gasteiger partial charge in [-0.3, -0.25) is 14.5 Å². The van der Waals surface area contributed by atoms with Crippen molar-refractivity contribution >= 4 is 28.9 Å². The van der Waals surface area contributed by atoms with E-state index in [2.05, 4.69) is 11.6 Å². The average molecular weight is 301 g/mol. The molecule has 1 aliphatic rings. The molecule has 1 aromatic carbocycles. The molecule has 1 saturated heterocycles. The number of rotatable bonds is 2. The van der Waals surface area contributed by atoms with Gasteiger partial charge in [0.2, 0.25) is 11.8 Å². The monoisotopic (exact) mass is 301 g/mol. The first-order chi connectivity index (χ1) is 10.7. The van der Waals surface area contributed by atoms with Crippen molar-refractivity contribution in [2.45, 2.75) is 13.8 Å². The third kappa shape index (κ3) is 3.00. The Kier molecular flexibility index (Phi) is 4.93. The van der Waals surface area contributed by atoms with Crippen LogP contribution in [0.25, 0.3) is 11.1 Å². The Bertz CT molecular complexity index is 660. The molecule has 2 aromatic rings. The van der Waals surface area contributed by atoms with Gasteiger partial charge in [-0.2, -0.15) is 4.98 Å². The van der Waals surface area contributed by atoms with Gasteiger partial charge in [0.15, 0.2) is 5.58 Å². The molecule has 6 nitrogen and oxygen atoms in total. The first-order valence-corrected chi connectivity index (χ1v) is 7.26. The molecule has 0 aliphatic carbocycles. The molecule has 0 atom stereocenters. The number of carbonyl (C=O) groups is 2. The maximum Gasteiger partial charge on any atom is 0.305 e. The molecule has 0 N–H and O–H groups in total. The van der Waals surface area contributed by atoms with Crippen LogP contribution in [0.5, 0.6) is 0 Å². The molecular formula is C16H19N3O3. The van der Waals surface area contributed by atoms with Crippen LogP contribution in [-0.4, -0.2) is 41.3 Å². The predicted octanol–water partition coefficient (Wildman–Crippen LogP) is 2.22. The lowest BCUT2D eigenvalue weighted by Crippen LogP contribution is -2.52. The van der Waals surface area contributed by atoms with E-state index in [1.807, 2.05) is 32.0 Å². The number of hydrogen-bond acceptors (Lipinski definition) is 4. The van der Waals surface area contributed by atoms with Crippen LogP contribution < -0.4 is 4.90 Å². The molecule has 116 valence electrons. The van der Waals surface area contributed by atoms with Gasteiger partial charge in [-0.1, -0.05) is 32.6 Å². The molecule has 22 heavy (non-hydrogen) atoms. The Hall–Kier alpha value is -2.63.